The highest BCUT2D eigenvalue weighted by atomic mass is 79.9. The smallest absolute Gasteiger partial charge is 0.336 e. The van der Waals surface area contributed by atoms with Crippen molar-refractivity contribution in [1.29, 1.82) is 0 Å². The molecule has 0 aliphatic rings. The molecule has 0 aliphatic carbocycles. The Morgan fingerprint density at radius 3 is 2.69 bits per heavy atom. The van der Waals surface area contributed by atoms with Gasteiger partial charge >= 0.3 is 5.97 Å². The fourth-order valence-corrected chi connectivity index (χ4v) is 3.15. The van der Waals surface area contributed by atoms with Gasteiger partial charge in [0.2, 0.25) is 0 Å². The van der Waals surface area contributed by atoms with Gasteiger partial charge in [0.1, 0.15) is 0 Å². The van der Waals surface area contributed by atoms with Gasteiger partial charge in [-0.05, 0) is 40.4 Å². The molecular weight excluding hydrogens is 288 g/mol. The Balaban J connectivity index is 2.65. The first kappa shape index (κ1) is 11.4. The number of rotatable bonds is 2. The van der Waals surface area contributed by atoms with E-state index in [1.165, 1.54) is 11.3 Å². The molecule has 4 heteroatoms. The lowest BCUT2D eigenvalue weighted by Gasteiger charge is -2.05. The summed E-state index contributed by atoms with van der Waals surface area (Å²) >= 11 is 4.95. The third-order valence-electron chi connectivity index (χ3n) is 2.27. The number of halogens is 1. The molecule has 1 aromatic carbocycles. The zero-order valence-electron chi connectivity index (χ0n) is 8.53. The van der Waals surface area contributed by atoms with E-state index in [0.717, 1.165) is 20.5 Å². The summed E-state index contributed by atoms with van der Waals surface area (Å²) in [6, 6.07) is 7.40. The first-order valence-electron chi connectivity index (χ1n) is 4.67. The number of aromatic carboxylic acids is 1. The second-order valence-corrected chi connectivity index (χ2v) is 5.22. The highest BCUT2D eigenvalue weighted by Gasteiger charge is 2.14. The maximum Gasteiger partial charge on any atom is 0.336 e. The summed E-state index contributed by atoms with van der Waals surface area (Å²) in [6.07, 6.45) is 0. The lowest BCUT2D eigenvalue weighted by molar-refractivity contribution is 0.0697. The lowest BCUT2D eigenvalue weighted by Crippen LogP contribution is -1.99. The van der Waals surface area contributed by atoms with E-state index in [1.54, 1.807) is 6.07 Å². The Morgan fingerprint density at radius 1 is 1.38 bits per heavy atom. The molecule has 0 saturated carbocycles. The van der Waals surface area contributed by atoms with Crippen LogP contribution >= 0.6 is 27.3 Å². The van der Waals surface area contributed by atoms with Crippen molar-refractivity contribution in [2.45, 2.75) is 6.92 Å². The van der Waals surface area contributed by atoms with Gasteiger partial charge in [-0.2, -0.15) is 0 Å². The van der Waals surface area contributed by atoms with E-state index in [9.17, 15) is 4.79 Å². The number of hydrogen-bond donors (Lipinski definition) is 1. The minimum Gasteiger partial charge on any atom is -0.478 e. The van der Waals surface area contributed by atoms with Gasteiger partial charge in [-0.3, -0.25) is 0 Å². The predicted octanol–water partition coefficient (Wildman–Crippen LogP) is 4.18. The van der Waals surface area contributed by atoms with Crippen LogP contribution in [0.1, 0.15) is 15.9 Å². The maximum absolute atomic E-state index is 11.2. The van der Waals surface area contributed by atoms with Gasteiger partial charge in [-0.25, -0.2) is 4.79 Å². The number of carboxylic acid groups (broad SMARTS) is 1. The molecule has 1 heterocycles. The van der Waals surface area contributed by atoms with Crippen molar-refractivity contribution in [3.05, 3.63) is 45.2 Å². The van der Waals surface area contributed by atoms with E-state index >= 15 is 0 Å². The Bertz CT molecular complexity index is 546. The number of carbonyl (C=O) groups is 1. The molecule has 0 saturated heterocycles. The summed E-state index contributed by atoms with van der Waals surface area (Å²) in [5, 5.41) is 11.1. The summed E-state index contributed by atoms with van der Waals surface area (Å²) < 4.78 is 0.934. The van der Waals surface area contributed by atoms with E-state index in [1.807, 2.05) is 30.5 Å². The van der Waals surface area contributed by atoms with Crippen LogP contribution in [0, 0.1) is 6.92 Å². The van der Waals surface area contributed by atoms with Gasteiger partial charge in [0.15, 0.2) is 0 Å². The fraction of sp³-hybridized carbons (Fsp3) is 0.0833. The quantitative estimate of drug-likeness (QED) is 0.902. The third kappa shape index (κ3) is 2.03. The van der Waals surface area contributed by atoms with Crippen molar-refractivity contribution in [2.24, 2.45) is 0 Å². The summed E-state index contributed by atoms with van der Waals surface area (Å²) in [6.45, 7) is 1.89. The van der Waals surface area contributed by atoms with Gasteiger partial charge in [-0.15, -0.1) is 11.3 Å². The van der Waals surface area contributed by atoms with Crippen LogP contribution in [-0.4, -0.2) is 11.1 Å². The molecule has 2 aromatic rings. The molecule has 0 aliphatic heterocycles. The van der Waals surface area contributed by atoms with Crippen LogP contribution in [0.3, 0.4) is 0 Å². The number of aryl methyl sites for hydroxylation is 1. The number of hydrogen-bond acceptors (Lipinski definition) is 2. The molecule has 0 atom stereocenters. The van der Waals surface area contributed by atoms with Crippen molar-refractivity contribution in [3.8, 4) is 10.4 Å². The van der Waals surface area contributed by atoms with Crippen LogP contribution in [-0.2, 0) is 0 Å². The maximum atomic E-state index is 11.2. The molecule has 82 valence electrons. The van der Waals surface area contributed by atoms with E-state index in [-0.39, 0.29) is 0 Å². The first-order valence-corrected chi connectivity index (χ1v) is 6.34. The SMILES string of the molecule is Cc1ccc(-c2sccc2Br)c(C(=O)O)c1. The highest BCUT2D eigenvalue weighted by Crippen LogP contribution is 2.35. The van der Waals surface area contributed by atoms with Gasteiger partial charge in [0, 0.05) is 14.9 Å². The number of carboxylic acids is 1. The van der Waals surface area contributed by atoms with Crippen LogP contribution in [0.15, 0.2) is 34.1 Å². The zero-order chi connectivity index (χ0) is 11.7. The van der Waals surface area contributed by atoms with Crippen molar-refractivity contribution < 1.29 is 9.90 Å². The molecule has 0 spiro atoms. The molecule has 1 N–H and O–H groups in total. The molecule has 16 heavy (non-hydrogen) atoms. The summed E-state index contributed by atoms with van der Waals surface area (Å²) in [4.78, 5) is 12.1. The standard InChI is InChI=1S/C12H9BrO2S/c1-7-2-3-8(9(6-7)12(14)15)11-10(13)4-5-16-11/h2-6H,1H3,(H,14,15). The van der Waals surface area contributed by atoms with Crippen molar-refractivity contribution in [1.82, 2.24) is 0 Å². The van der Waals surface area contributed by atoms with Gasteiger partial charge < -0.3 is 5.11 Å². The van der Waals surface area contributed by atoms with Gasteiger partial charge in [-0.1, -0.05) is 17.7 Å². The van der Waals surface area contributed by atoms with Crippen LogP contribution in [0.2, 0.25) is 0 Å². The van der Waals surface area contributed by atoms with Crippen LogP contribution in [0.5, 0.6) is 0 Å². The molecule has 2 nitrogen and oxygen atoms in total. The number of benzene rings is 1. The molecule has 0 amide bonds. The fourth-order valence-electron chi connectivity index (χ4n) is 1.52. The van der Waals surface area contributed by atoms with E-state index in [0.29, 0.717) is 5.56 Å². The highest BCUT2D eigenvalue weighted by molar-refractivity contribution is 9.10. The Kier molecular flexibility index (Phi) is 3.12. The van der Waals surface area contributed by atoms with Crippen LogP contribution in [0.4, 0.5) is 0 Å². The largest absolute Gasteiger partial charge is 0.478 e. The Hall–Kier alpha value is -1.13. The first-order chi connectivity index (χ1) is 7.59. The molecule has 1 aromatic heterocycles. The predicted molar refractivity (Wildman–Crippen MR) is 69.2 cm³/mol. The average Bonchev–Trinajstić information content (AvgIpc) is 2.64. The number of thiophene rings is 1. The topological polar surface area (TPSA) is 37.3 Å². The molecular formula is C12H9BrO2S. The molecule has 0 unspecified atom stereocenters. The molecule has 2 rings (SSSR count). The summed E-state index contributed by atoms with van der Waals surface area (Å²) in [7, 11) is 0. The molecule has 0 fully saturated rings. The van der Waals surface area contributed by atoms with Crippen LogP contribution < -0.4 is 0 Å². The van der Waals surface area contributed by atoms with Crippen molar-refractivity contribution in [3.63, 3.8) is 0 Å². The second-order valence-electron chi connectivity index (χ2n) is 3.45. The normalized spacial score (nSPS) is 10.4. The van der Waals surface area contributed by atoms with E-state index < -0.39 is 5.97 Å². The summed E-state index contributed by atoms with van der Waals surface area (Å²) in [5.74, 6) is -0.890. The van der Waals surface area contributed by atoms with Crippen LogP contribution in [0.25, 0.3) is 10.4 Å². The van der Waals surface area contributed by atoms with Crippen molar-refractivity contribution >= 4 is 33.2 Å². The van der Waals surface area contributed by atoms with Gasteiger partial charge in [0.05, 0.1) is 5.56 Å². The van der Waals surface area contributed by atoms with Crippen molar-refractivity contribution in [2.75, 3.05) is 0 Å². The Morgan fingerprint density at radius 2 is 2.12 bits per heavy atom. The average molecular weight is 297 g/mol. The molecule has 0 radical (unpaired) electrons. The van der Waals surface area contributed by atoms with Gasteiger partial charge in [0.25, 0.3) is 0 Å². The summed E-state index contributed by atoms with van der Waals surface area (Å²) in [5.41, 5.74) is 2.07. The second kappa shape index (κ2) is 4.39. The van der Waals surface area contributed by atoms with E-state index in [2.05, 4.69) is 15.9 Å². The van der Waals surface area contributed by atoms with E-state index in [4.69, 9.17) is 5.11 Å². The monoisotopic (exact) mass is 296 g/mol. The minimum absolute atomic E-state index is 0.350. The third-order valence-corrected chi connectivity index (χ3v) is 4.14. The lowest BCUT2D eigenvalue weighted by atomic mass is 10.0. The zero-order valence-corrected chi connectivity index (χ0v) is 10.9. The minimum atomic E-state index is -0.890. The Labute approximate surface area is 106 Å². The molecule has 0 bridgehead atoms.